The average Bonchev–Trinajstić information content (AvgIpc) is 2.85. The smallest absolute Gasteiger partial charge is 0.113 e. The van der Waals surface area contributed by atoms with Crippen LogP contribution in [0, 0.1) is 12.8 Å². The van der Waals surface area contributed by atoms with E-state index in [1.807, 2.05) is 11.3 Å². The lowest BCUT2D eigenvalue weighted by molar-refractivity contribution is 0.244. The predicted octanol–water partition coefficient (Wildman–Crippen LogP) is 3.47. The van der Waals surface area contributed by atoms with Gasteiger partial charge >= 0.3 is 0 Å². The normalized spacial score (nSPS) is 29.8. The predicted molar refractivity (Wildman–Crippen MR) is 69.8 cm³/mol. The molecular weight excluding hydrogens is 216 g/mol. The number of nitrogens with one attached hydrogen (secondary N) is 1. The Morgan fingerprint density at radius 1 is 1.56 bits per heavy atom. The first kappa shape index (κ1) is 12.1. The lowest BCUT2D eigenvalue weighted by Gasteiger charge is -2.34. The van der Waals surface area contributed by atoms with Gasteiger partial charge in [0, 0.05) is 11.1 Å². The minimum absolute atomic E-state index is 0.183. The average molecular weight is 238 g/mol. The minimum Gasteiger partial charge on any atom is -0.305 e. The van der Waals surface area contributed by atoms with Gasteiger partial charge in [-0.3, -0.25) is 0 Å². The highest BCUT2D eigenvalue weighted by Gasteiger charge is 2.44. The molecule has 2 nitrogen and oxygen atoms in total. The standard InChI is InChI=1S/C13H22N2S/c1-4-11-7-6-8-13(11,14-5-2)12-15-10(3)9-16-12/h9,11,14H,4-8H2,1-3H3. The molecule has 1 aliphatic carbocycles. The first-order valence-electron chi connectivity index (χ1n) is 6.40. The van der Waals surface area contributed by atoms with E-state index in [0.717, 1.165) is 12.5 Å². The number of aryl methyl sites for hydroxylation is 1. The molecule has 1 aromatic heterocycles. The van der Waals surface area contributed by atoms with Crippen LogP contribution in [0.3, 0.4) is 0 Å². The molecule has 16 heavy (non-hydrogen) atoms. The Morgan fingerprint density at radius 3 is 2.94 bits per heavy atom. The Kier molecular flexibility index (Phi) is 3.65. The molecule has 2 unspecified atom stereocenters. The zero-order valence-electron chi connectivity index (χ0n) is 10.5. The van der Waals surface area contributed by atoms with Crippen molar-refractivity contribution in [2.45, 2.75) is 52.0 Å². The third-order valence-corrected chi connectivity index (χ3v) is 4.94. The third kappa shape index (κ3) is 1.91. The SMILES string of the molecule is CCNC1(c2nc(C)cs2)CCCC1CC. The van der Waals surface area contributed by atoms with E-state index in [-0.39, 0.29) is 5.54 Å². The number of nitrogens with zero attached hydrogens (tertiary/aromatic N) is 1. The van der Waals surface area contributed by atoms with Gasteiger partial charge in [0.05, 0.1) is 5.54 Å². The molecule has 1 aromatic rings. The van der Waals surface area contributed by atoms with Crippen molar-refractivity contribution in [1.82, 2.24) is 10.3 Å². The summed E-state index contributed by atoms with van der Waals surface area (Å²) in [6.45, 7) is 7.64. The van der Waals surface area contributed by atoms with Crippen LogP contribution in [0.2, 0.25) is 0 Å². The lowest BCUT2D eigenvalue weighted by Crippen LogP contribution is -2.45. The summed E-state index contributed by atoms with van der Waals surface area (Å²) in [4.78, 5) is 4.74. The molecule has 0 spiro atoms. The topological polar surface area (TPSA) is 24.9 Å². The Hall–Kier alpha value is -0.410. The summed E-state index contributed by atoms with van der Waals surface area (Å²) >= 11 is 1.83. The molecule has 0 bridgehead atoms. The Morgan fingerprint density at radius 2 is 2.38 bits per heavy atom. The van der Waals surface area contributed by atoms with Crippen molar-refractivity contribution in [2.75, 3.05) is 6.54 Å². The minimum atomic E-state index is 0.183. The Bertz CT molecular complexity index is 347. The fraction of sp³-hybridized carbons (Fsp3) is 0.769. The number of thiazole rings is 1. The number of aromatic nitrogens is 1. The van der Waals surface area contributed by atoms with Gasteiger partial charge in [-0.15, -0.1) is 11.3 Å². The van der Waals surface area contributed by atoms with E-state index in [4.69, 9.17) is 4.98 Å². The van der Waals surface area contributed by atoms with Crippen LogP contribution in [0.5, 0.6) is 0 Å². The van der Waals surface area contributed by atoms with Crippen LogP contribution in [-0.2, 0) is 5.54 Å². The summed E-state index contributed by atoms with van der Waals surface area (Å²) in [7, 11) is 0. The van der Waals surface area contributed by atoms with Crippen molar-refractivity contribution in [3.63, 3.8) is 0 Å². The number of hydrogen-bond donors (Lipinski definition) is 1. The van der Waals surface area contributed by atoms with Crippen LogP contribution < -0.4 is 5.32 Å². The Balaban J connectivity index is 2.34. The maximum atomic E-state index is 4.74. The van der Waals surface area contributed by atoms with E-state index in [2.05, 4.69) is 31.5 Å². The van der Waals surface area contributed by atoms with Crippen LogP contribution in [0.4, 0.5) is 0 Å². The molecule has 0 radical (unpaired) electrons. The van der Waals surface area contributed by atoms with Gasteiger partial charge in [0.1, 0.15) is 5.01 Å². The molecule has 0 aromatic carbocycles. The highest BCUT2D eigenvalue weighted by molar-refractivity contribution is 7.09. The van der Waals surface area contributed by atoms with Crippen LogP contribution in [0.15, 0.2) is 5.38 Å². The van der Waals surface area contributed by atoms with Crippen molar-refractivity contribution in [1.29, 1.82) is 0 Å². The van der Waals surface area contributed by atoms with E-state index in [9.17, 15) is 0 Å². The van der Waals surface area contributed by atoms with Crippen LogP contribution in [0.25, 0.3) is 0 Å². The summed E-state index contributed by atoms with van der Waals surface area (Å²) < 4.78 is 0. The maximum Gasteiger partial charge on any atom is 0.113 e. The lowest BCUT2D eigenvalue weighted by atomic mass is 9.85. The van der Waals surface area contributed by atoms with Crippen molar-refractivity contribution in [2.24, 2.45) is 5.92 Å². The summed E-state index contributed by atoms with van der Waals surface area (Å²) in [6, 6.07) is 0. The molecule has 0 amide bonds. The molecule has 90 valence electrons. The Labute approximate surface area is 102 Å². The van der Waals surface area contributed by atoms with Crippen molar-refractivity contribution in [3.05, 3.63) is 16.1 Å². The number of hydrogen-bond acceptors (Lipinski definition) is 3. The summed E-state index contributed by atoms with van der Waals surface area (Å²) in [5.41, 5.74) is 1.35. The molecule has 1 saturated carbocycles. The molecular formula is C13H22N2S. The highest BCUT2D eigenvalue weighted by Crippen LogP contribution is 2.46. The molecule has 3 heteroatoms. The summed E-state index contributed by atoms with van der Waals surface area (Å²) in [5.74, 6) is 0.762. The van der Waals surface area contributed by atoms with Crippen molar-refractivity contribution < 1.29 is 0 Å². The molecule has 2 atom stereocenters. The van der Waals surface area contributed by atoms with Crippen LogP contribution in [-0.4, -0.2) is 11.5 Å². The number of rotatable bonds is 4. The van der Waals surface area contributed by atoms with E-state index >= 15 is 0 Å². The van der Waals surface area contributed by atoms with Gasteiger partial charge in [-0.1, -0.05) is 26.7 Å². The van der Waals surface area contributed by atoms with E-state index in [1.165, 1.54) is 36.4 Å². The highest BCUT2D eigenvalue weighted by atomic mass is 32.1. The fourth-order valence-electron chi connectivity index (χ4n) is 3.09. The van der Waals surface area contributed by atoms with Gasteiger partial charge in [0.25, 0.3) is 0 Å². The van der Waals surface area contributed by atoms with E-state index < -0.39 is 0 Å². The van der Waals surface area contributed by atoms with E-state index in [1.54, 1.807) is 0 Å². The maximum absolute atomic E-state index is 4.74. The fourth-order valence-corrected chi connectivity index (χ4v) is 4.18. The van der Waals surface area contributed by atoms with E-state index in [0.29, 0.717) is 0 Å². The molecule has 0 aliphatic heterocycles. The summed E-state index contributed by atoms with van der Waals surface area (Å²) in [6.07, 6.45) is 5.20. The molecule has 1 fully saturated rings. The van der Waals surface area contributed by atoms with Gasteiger partial charge in [0.2, 0.25) is 0 Å². The second-order valence-electron chi connectivity index (χ2n) is 4.79. The van der Waals surface area contributed by atoms with Crippen molar-refractivity contribution in [3.8, 4) is 0 Å². The first-order chi connectivity index (χ1) is 7.73. The zero-order chi connectivity index (χ0) is 11.6. The van der Waals surface area contributed by atoms with Gasteiger partial charge in [0.15, 0.2) is 0 Å². The first-order valence-corrected chi connectivity index (χ1v) is 7.28. The largest absolute Gasteiger partial charge is 0.305 e. The molecule has 1 heterocycles. The van der Waals surface area contributed by atoms with Gasteiger partial charge < -0.3 is 5.32 Å². The monoisotopic (exact) mass is 238 g/mol. The van der Waals surface area contributed by atoms with Crippen LogP contribution >= 0.6 is 11.3 Å². The van der Waals surface area contributed by atoms with Gasteiger partial charge in [-0.25, -0.2) is 4.98 Å². The second-order valence-corrected chi connectivity index (χ2v) is 5.65. The zero-order valence-corrected chi connectivity index (χ0v) is 11.4. The quantitative estimate of drug-likeness (QED) is 0.869. The molecule has 0 saturated heterocycles. The van der Waals surface area contributed by atoms with Crippen molar-refractivity contribution >= 4 is 11.3 Å². The third-order valence-electron chi connectivity index (χ3n) is 3.81. The summed E-state index contributed by atoms with van der Waals surface area (Å²) in [5, 5.41) is 7.23. The molecule has 1 N–H and O–H groups in total. The van der Waals surface area contributed by atoms with Gasteiger partial charge in [-0.05, 0) is 32.2 Å². The second kappa shape index (κ2) is 4.84. The van der Waals surface area contributed by atoms with Crippen LogP contribution in [0.1, 0.15) is 50.2 Å². The molecule has 2 rings (SSSR count). The van der Waals surface area contributed by atoms with Gasteiger partial charge in [-0.2, -0.15) is 0 Å². The molecule has 1 aliphatic rings.